The van der Waals surface area contributed by atoms with Gasteiger partial charge in [-0.15, -0.1) is 0 Å². The van der Waals surface area contributed by atoms with Gasteiger partial charge in [0, 0.05) is 39.4 Å². The van der Waals surface area contributed by atoms with Gasteiger partial charge < -0.3 is 28.5 Å². The first kappa shape index (κ1) is 31.9. The zero-order valence-corrected chi connectivity index (χ0v) is 26.6. The average molecular weight is 641 g/mol. The van der Waals surface area contributed by atoms with Crippen LogP contribution in [0.4, 0.5) is 5.69 Å². The monoisotopic (exact) mass is 640 g/mol. The number of aromatic nitrogens is 1. The van der Waals surface area contributed by atoms with Crippen LogP contribution in [-0.2, 0) is 11.4 Å². The Morgan fingerprint density at radius 3 is 2.39 bits per heavy atom. The molecule has 0 atom stereocenters. The van der Waals surface area contributed by atoms with E-state index >= 15 is 0 Å². The SMILES string of the molecule is COc1cc(Cl)cc(C=NNC(=O)c2ccc(COc3ccc(-n4c(C)ccc4C)cc3)o2)c1OCC(=O)Nc1ccccc1C. The van der Waals surface area contributed by atoms with E-state index in [-0.39, 0.29) is 30.6 Å². The van der Waals surface area contributed by atoms with Crippen LogP contribution >= 0.6 is 11.6 Å². The molecule has 11 heteroatoms. The summed E-state index contributed by atoms with van der Waals surface area (Å²) in [4.78, 5) is 25.3. The number of ether oxygens (including phenoxy) is 3. The fraction of sp³-hybridized carbons (Fsp3) is 0.171. The second kappa shape index (κ2) is 14.5. The number of nitrogens with one attached hydrogen (secondary N) is 2. The number of halogens is 1. The second-order valence-corrected chi connectivity index (χ2v) is 10.8. The lowest BCUT2D eigenvalue weighted by Gasteiger charge is -2.14. The van der Waals surface area contributed by atoms with Crippen molar-refractivity contribution in [3.05, 3.63) is 124 Å². The molecule has 0 aliphatic carbocycles. The Balaban J connectivity index is 1.17. The minimum Gasteiger partial charge on any atom is -0.493 e. The van der Waals surface area contributed by atoms with Crippen LogP contribution in [0.3, 0.4) is 0 Å². The smallest absolute Gasteiger partial charge is 0.307 e. The van der Waals surface area contributed by atoms with Crippen LogP contribution < -0.4 is 25.0 Å². The first-order chi connectivity index (χ1) is 22.2. The van der Waals surface area contributed by atoms with Gasteiger partial charge in [0.15, 0.2) is 23.9 Å². The lowest BCUT2D eigenvalue weighted by molar-refractivity contribution is -0.118. The van der Waals surface area contributed by atoms with Gasteiger partial charge in [0.2, 0.25) is 0 Å². The first-order valence-corrected chi connectivity index (χ1v) is 14.8. The van der Waals surface area contributed by atoms with Gasteiger partial charge in [0.25, 0.3) is 5.91 Å². The molecule has 2 heterocycles. The third-order valence-corrected chi connectivity index (χ3v) is 7.26. The summed E-state index contributed by atoms with van der Waals surface area (Å²) in [6, 6.07) is 25.6. The summed E-state index contributed by atoms with van der Waals surface area (Å²) in [6.07, 6.45) is 1.34. The Morgan fingerprint density at radius 1 is 0.935 bits per heavy atom. The maximum Gasteiger partial charge on any atom is 0.307 e. The van der Waals surface area contributed by atoms with E-state index in [0.717, 1.165) is 22.6 Å². The topological polar surface area (TPSA) is 116 Å². The molecule has 2 amide bonds. The Bertz CT molecular complexity index is 1860. The number of benzene rings is 3. The second-order valence-electron chi connectivity index (χ2n) is 10.4. The van der Waals surface area contributed by atoms with Crippen molar-refractivity contribution in [1.82, 2.24) is 9.99 Å². The maximum absolute atomic E-state index is 12.7. The van der Waals surface area contributed by atoms with E-state index in [2.05, 4.69) is 46.4 Å². The van der Waals surface area contributed by atoms with Gasteiger partial charge in [-0.2, -0.15) is 5.10 Å². The summed E-state index contributed by atoms with van der Waals surface area (Å²) in [6.45, 7) is 5.85. The van der Waals surface area contributed by atoms with E-state index in [1.54, 1.807) is 24.3 Å². The average Bonchev–Trinajstić information content (AvgIpc) is 3.66. The van der Waals surface area contributed by atoms with Crippen LogP contribution in [0.2, 0.25) is 5.02 Å². The summed E-state index contributed by atoms with van der Waals surface area (Å²) in [5, 5.41) is 7.20. The van der Waals surface area contributed by atoms with Gasteiger partial charge in [-0.25, -0.2) is 5.43 Å². The predicted octanol–water partition coefficient (Wildman–Crippen LogP) is 7.02. The number of aryl methyl sites for hydroxylation is 3. The first-order valence-electron chi connectivity index (χ1n) is 14.4. The van der Waals surface area contributed by atoms with E-state index in [4.69, 9.17) is 30.2 Å². The largest absolute Gasteiger partial charge is 0.493 e. The highest BCUT2D eigenvalue weighted by molar-refractivity contribution is 6.31. The number of methoxy groups -OCH3 is 1. The van der Waals surface area contributed by atoms with Crippen molar-refractivity contribution < 1.29 is 28.2 Å². The highest BCUT2D eigenvalue weighted by atomic mass is 35.5. The fourth-order valence-electron chi connectivity index (χ4n) is 4.74. The van der Waals surface area contributed by atoms with Crippen molar-refractivity contribution in [3.63, 3.8) is 0 Å². The number of amides is 2. The molecule has 0 aliphatic heterocycles. The van der Waals surface area contributed by atoms with Gasteiger partial charge in [-0.3, -0.25) is 9.59 Å². The molecule has 0 unspecified atom stereocenters. The Morgan fingerprint density at radius 2 is 1.67 bits per heavy atom. The van der Waals surface area contributed by atoms with Gasteiger partial charge in [-0.05, 0) is 87.0 Å². The highest BCUT2D eigenvalue weighted by Gasteiger charge is 2.16. The molecule has 0 saturated heterocycles. The Hall–Kier alpha value is -5.48. The highest BCUT2D eigenvalue weighted by Crippen LogP contribution is 2.34. The minimum absolute atomic E-state index is 0.0534. The van der Waals surface area contributed by atoms with E-state index < -0.39 is 5.91 Å². The maximum atomic E-state index is 12.7. The van der Waals surface area contributed by atoms with Gasteiger partial charge >= 0.3 is 5.91 Å². The van der Waals surface area contributed by atoms with Crippen molar-refractivity contribution in [1.29, 1.82) is 0 Å². The van der Waals surface area contributed by atoms with E-state index in [9.17, 15) is 9.59 Å². The lowest BCUT2D eigenvalue weighted by atomic mass is 10.2. The van der Waals surface area contributed by atoms with E-state index in [1.807, 2.05) is 49.4 Å². The number of hydrogen-bond donors (Lipinski definition) is 2. The molecule has 0 aliphatic rings. The molecule has 5 rings (SSSR count). The Labute approximate surface area is 271 Å². The zero-order chi connectivity index (χ0) is 32.6. The molecule has 46 heavy (non-hydrogen) atoms. The van der Waals surface area contributed by atoms with Crippen molar-refractivity contribution >= 4 is 35.3 Å². The van der Waals surface area contributed by atoms with Gasteiger partial charge in [-0.1, -0.05) is 29.8 Å². The number of hydrazone groups is 1. The third-order valence-electron chi connectivity index (χ3n) is 7.04. The molecule has 236 valence electrons. The van der Waals surface area contributed by atoms with Crippen LogP contribution in [0, 0.1) is 20.8 Å². The summed E-state index contributed by atoms with van der Waals surface area (Å²) >= 11 is 6.25. The van der Waals surface area contributed by atoms with Crippen LogP contribution in [0.25, 0.3) is 5.69 Å². The molecule has 0 fully saturated rings. The molecule has 10 nitrogen and oxygen atoms in total. The molecule has 2 N–H and O–H groups in total. The number of rotatable bonds is 12. The normalized spacial score (nSPS) is 11.0. The quantitative estimate of drug-likeness (QED) is 0.112. The molecule has 0 bridgehead atoms. The molecule has 5 aromatic rings. The number of carbonyl (C=O) groups is 2. The van der Waals surface area contributed by atoms with Crippen LogP contribution in [0.1, 0.15) is 38.8 Å². The lowest BCUT2D eigenvalue weighted by Crippen LogP contribution is -2.21. The summed E-state index contributed by atoms with van der Waals surface area (Å²) in [7, 11) is 1.45. The fourth-order valence-corrected chi connectivity index (χ4v) is 4.96. The molecule has 2 aromatic heterocycles. The number of para-hydroxylation sites is 1. The van der Waals surface area contributed by atoms with Crippen molar-refractivity contribution in [2.75, 3.05) is 19.0 Å². The van der Waals surface area contributed by atoms with Crippen LogP contribution in [0.15, 0.2) is 94.4 Å². The van der Waals surface area contributed by atoms with Crippen molar-refractivity contribution in [2.24, 2.45) is 5.10 Å². The molecule has 3 aromatic carbocycles. The molecule has 0 spiro atoms. The number of anilines is 1. The van der Waals surface area contributed by atoms with Crippen LogP contribution in [-0.4, -0.2) is 36.3 Å². The molecular weight excluding hydrogens is 608 g/mol. The van der Waals surface area contributed by atoms with Crippen molar-refractivity contribution in [3.8, 4) is 22.9 Å². The number of furan rings is 1. The minimum atomic E-state index is -0.571. The molecule has 0 radical (unpaired) electrons. The van der Waals surface area contributed by atoms with Gasteiger partial charge in [0.05, 0.1) is 13.3 Å². The van der Waals surface area contributed by atoms with Crippen molar-refractivity contribution in [2.45, 2.75) is 27.4 Å². The third kappa shape index (κ3) is 7.77. The number of nitrogens with zero attached hydrogens (tertiary/aromatic N) is 2. The van der Waals surface area contributed by atoms with E-state index in [0.29, 0.717) is 33.5 Å². The standard InChI is InChI=1S/C35H33ClN4O6/c1-22-7-5-6-8-30(22)38-33(41)21-45-34-25(17-26(36)18-32(34)43-4)19-37-39-35(42)31-16-15-29(46-31)20-44-28-13-11-27(12-14-28)40-23(2)9-10-24(40)3/h5-19H,20-21H2,1-4H3,(H,38,41)(H,39,42). The van der Waals surface area contributed by atoms with Crippen LogP contribution in [0.5, 0.6) is 17.2 Å². The molecular formula is C35H33ClN4O6. The zero-order valence-electron chi connectivity index (χ0n) is 25.8. The number of carbonyl (C=O) groups excluding carboxylic acids is 2. The van der Waals surface area contributed by atoms with Gasteiger partial charge in [0.1, 0.15) is 18.1 Å². The van der Waals surface area contributed by atoms with E-state index in [1.165, 1.54) is 19.4 Å². The summed E-state index contributed by atoms with van der Waals surface area (Å²) in [5.41, 5.74) is 7.76. The Kier molecular flexibility index (Phi) is 10.1. The number of hydrogen-bond acceptors (Lipinski definition) is 7. The summed E-state index contributed by atoms with van der Waals surface area (Å²) in [5.74, 6) is 0.781. The summed E-state index contributed by atoms with van der Waals surface area (Å²) < 4.78 is 24.9. The predicted molar refractivity (Wildman–Crippen MR) is 177 cm³/mol. The molecule has 0 saturated carbocycles.